The van der Waals surface area contributed by atoms with Gasteiger partial charge in [0, 0.05) is 54.3 Å². The van der Waals surface area contributed by atoms with Gasteiger partial charge < -0.3 is 10.2 Å². The molecule has 1 radical (unpaired) electrons. The summed E-state index contributed by atoms with van der Waals surface area (Å²) >= 11 is 0. The first-order chi connectivity index (χ1) is 28.4. The van der Waals surface area contributed by atoms with Gasteiger partial charge in [0.05, 0.1) is 41.3 Å². The number of nitrogens with zero attached hydrogens (tertiary/aromatic N) is 5. The number of allylic oxidation sites excluding steroid dienone is 2. The Morgan fingerprint density at radius 1 is 0.780 bits per heavy atom. The number of sulfonamides is 1. The van der Waals surface area contributed by atoms with Gasteiger partial charge in [0.15, 0.2) is 0 Å². The first-order valence-corrected chi connectivity index (χ1v) is 22.2. The van der Waals surface area contributed by atoms with Gasteiger partial charge in [-0.15, -0.1) is 0 Å². The Balaban J connectivity index is 1.24. The fourth-order valence-corrected chi connectivity index (χ4v) is 11.4. The predicted octanol–water partition coefficient (Wildman–Crippen LogP) is 8.67. The number of aromatic nitrogens is 2. The van der Waals surface area contributed by atoms with Crippen molar-refractivity contribution in [1.82, 2.24) is 14.3 Å². The minimum absolute atomic E-state index is 0.0352. The van der Waals surface area contributed by atoms with Gasteiger partial charge in [0.2, 0.25) is 10.0 Å². The van der Waals surface area contributed by atoms with E-state index in [4.69, 9.17) is 0 Å². The van der Waals surface area contributed by atoms with Crippen molar-refractivity contribution in [1.29, 1.82) is 10.5 Å². The maximum Gasteiger partial charge on any atom is 0.219 e. The molecule has 2 fully saturated rings. The van der Waals surface area contributed by atoms with E-state index in [1.807, 2.05) is 72.8 Å². The number of hydrogen-bond acceptors (Lipinski definition) is 8. The van der Waals surface area contributed by atoms with E-state index in [1.54, 1.807) is 31.6 Å². The number of benzene rings is 2. The molecule has 9 nitrogen and oxygen atoms in total. The summed E-state index contributed by atoms with van der Waals surface area (Å²) in [7, 11) is -2.38. The van der Waals surface area contributed by atoms with Crippen LogP contribution in [0.1, 0.15) is 69.5 Å². The summed E-state index contributed by atoms with van der Waals surface area (Å²) < 4.78 is 31.3. The highest BCUT2D eigenvalue weighted by Gasteiger charge is 2.49. The number of rotatable bonds is 13. The summed E-state index contributed by atoms with van der Waals surface area (Å²) in [6.45, 7) is 8.11. The van der Waals surface area contributed by atoms with Crippen LogP contribution in [0.4, 0.5) is 0 Å². The van der Waals surface area contributed by atoms with Crippen LogP contribution in [0.2, 0.25) is 0 Å². The average Bonchev–Trinajstić information content (AvgIpc) is 3.26. The summed E-state index contributed by atoms with van der Waals surface area (Å²) in [5, 5.41) is 39.4. The van der Waals surface area contributed by atoms with Gasteiger partial charge in [-0.25, -0.2) is 12.7 Å². The standard InChI is InChI=1S/C49H56N5O4S/c1-32-14-21-47(43(34(32)3)23-20-41-18-16-39(30-53-41)45-13-9-7-11-37(45)28-51)49(31-56)59(57,58)54(5)48-26-33(2)35(4)42(46(48)24-25-55)22-19-40-17-15-38(29-52-40)44-12-8-6-10-36(44)27-50/h6-13,15-23,29-30,32-35,42-43,46-49,55-56H,14,24-26,31H2,1-5H3/b22-19+,23-20+/t32-,33-,34+,35+,42-,43-,46-,47+,48+,49+/m0/s1. The smallest absolute Gasteiger partial charge is 0.219 e. The summed E-state index contributed by atoms with van der Waals surface area (Å²) in [4.78, 5) is 9.35. The molecule has 0 bridgehead atoms. The van der Waals surface area contributed by atoms with E-state index in [0.29, 0.717) is 29.9 Å². The van der Waals surface area contributed by atoms with Crippen LogP contribution >= 0.6 is 0 Å². The highest BCUT2D eigenvalue weighted by atomic mass is 32.2. The van der Waals surface area contributed by atoms with Crippen LogP contribution in [-0.4, -0.2) is 64.5 Å². The van der Waals surface area contributed by atoms with E-state index in [0.717, 1.165) is 40.1 Å². The minimum atomic E-state index is -4.03. The van der Waals surface area contributed by atoms with Crippen LogP contribution in [0.15, 0.2) is 97.3 Å². The fourth-order valence-electron chi connectivity index (χ4n) is 9.47. The third-order valence-corrected chi connectivity index (χ3v) is 15.7. The van der Waals surface area contributed by atoms with Crippen molar-refractivity contribution in [3.63, 3.8) is 0 Å². The molecule has 2 heterocycles. The van der Waals surface area contributed by atoms with Gasteiger partial charge in [0.1, 0.15) is 5.25 Å². The average molecular weight is 811 g/mol. The van der Waals surface area contributed by atoms with Crippen LogP contribution in [-0.2, 0) is 10.0 Å². The molecule has 0 amide bonds. The Labute approximate surface area is 350 Å². The molecule has 4 aromatic rings. The van der Waals surface area contributed by atoms with Crippen molar-refractivity contribution < 1.29 is 18.6 Å². The highest BCUT2D eigenvalue weighted by molar-refractivity contribution is 7.89. The molecule has 0 spiro atoms. The van der Waals surface area contributed by atoms with Crippen molar-refractivity contribution in [3.05, 3.63) is 126 Å². The van der Waals surface area contributed by atoms with E-state index in [1.165, 1.54) is 4.31 Å². The molecule has 2 saturated carbocycles. The molecule has 10 atom stereocenters. The van der Waals surface area contributed by atoms with Crippen molar-refractivity contribution in [2.75, 3.05) is 20.3 Å². The molecule has 2 aliphatic rings. The monoisotopic (exact) mass is 810 g/mol. The van der Waals surface area contributed by atoms with Gasteiger partial charge >= 0.3 is 0 Å². The Morgan fingerprint density at radius 2 is 1.31 bits per heavy atom. The van der Waals surface area contributed by atoms with E-state index >= 15 is 0 Å². The zero-order valence-electron chi connectivity index (χ0n) is 34.6. The van der Waals surface area contributed by atoms with Crippen molar-refractivity contribution in [2.24, 2.45) is 47.3 Å². The third kappa shape index (κ3) is 9.43. The fraction of sp³-hybridized carbons (Fsp3) is 0.408. The van der Waals surface area contributed by atoms with Crippen LogP contribution < -0.4 is 0 Å². The first kappa shape index (κ1) is 43.6. The van der Waals surface area contributed by atoms with E-state index in [9.17, 15) is 29.2 Å². The normalized spacial score (nSPS) is 26.8. The maximum atomic E-state index is 14.9. The third-order valence-electron chi connectivity index (χ3n) is 13.4. The minimum Gasteiger partial charge on any atom is -0.396 e. The number of aliphatic hydroxyl groups excluding tert-OH is 2. The SMILES string of the molecule is C[C@H]1[C@H](/C=C/c2ccc(-c3ccccc3C#N)cn2)[C@H]([C@@H](CO)S(=O)(=O)N(C)[C@@H]2C[C@H](C)[C@@H](C)[C@H](/C=C/c3ccc(-c4ccccc4C#N)cn3)[C@@H]2CCO)[CH]C[C@@H]1C. The zero-order chi connectivity index (χ0) is 42.3. The topological polar surface area (TPSA) is 151 Å². The van der Waals surface area contributed by atoms with E-state index in [2.05, 4.69) is 68.4 Å². The summed E-state index contributed by atoms with van der Waals surface area (Å²) in [5.74, 6) is 0.0810. The highest BCUT2D eigenvalue weighted by Crippen LogP contribution is 2.46. The Kier molecular flexibility index (Phi) is 14.3. The predicted molar refractivity (Wildman–Crippen MR) is 234 cm³/mol. The largest absolute Gasteiger partial charge is 0.396 e. The molecule has 2 aromatic heterocycles. The number of nitriles is 2. The molecule has 307 valence electrons. The van der Waals surface area contributed by atoms with Gasteiger partial charge in [-0.2, -0.15) is 10.5 Å². The van der Waals surface area contributed by atoms with E-state index in [-0.39, 0.29) is 48.2 Å². The van der Waals surface area contributed by atoms with Gasteiger partial charge in [-0.05, 0) is 109 Å². The van der Waals surface area contributed by atoms with Crippen LogP contribution in [0.25, 0.3) is 34.4 Å². The molecule has 10 heteroatoms. The lowest BCUT2D eigenvalue weighted by atomic mass is 9.64. The molecule has 2 aliphatic carbocycles. The molecule has 59 heavy (non-hydrogen) atoms. The number of aliphatic hydroxyl groups is 2. The van der Waals surface area contributed by atoms with Crippen LogP contribution in [0.3, 0.4) is 0 Å². The summed E-state index contributed by atoms with van der Waals surface area (Å²) in [5.41, 5.74) is 5.96. The lowest BCUT2D eigenvalue weighted by Crippen LogP contribution is -2.55. The summed E-state index contributed by atoms with van der Waals surface area (Å²) in [6.07, 6.45) is 15.6. The second-order valence-corrected chi connectivity index (χ2v) is 18.8. The quantitative estimate of drug-likeness (QED) is 0.136. The zero-order valence-corrected chi connectivity index (χ0v) is 35.5. The first-order valence-electron chi connectivity index (χ1n) is 20.7. The molecule has 0 unspecified atom stereocenters. The molecule has 2 aromatic carbocycles. The second kappa shape index (κ2) is 19.4. The van der Waals surface area contributed by atoms with Crippen molar-refractivity contribution in [3.8, 4) is 34.4 Å². The Morgan fingerprint density at radius 3 is 1.80 bits per heavy atom. The molecular weight excluding hydrogens is 755 g/mol. The van der Waals surface area contributed by atoms with Gasteiger partial charge in [0.25, 0.3) is 0 Å². The maximum absolute atomic E-state index is 14.9. The Hall–Kier alpha value is -4.97. The Bertz CT molecular complexity index is 2300. The van der Waals surface area contributed by atoms with Crippen LogP contribution in [0, 0.1) is 76.4 Å². The molecule has 0 saturated heterocycles. The van der Waals surface area contributed by atoms with Crippen LogP contribution in [0.5, 0.6) is 0 Å². The van der Waals surface area contributed by atoms with Gasteiger partial charge in [-0.3, -0.25) is 9.97 Å². The molecule has 6 rings (SSSR count). The number of hydrogen-bond donors (Lipinski definition) is 2. The van der Waals surface area contributed by atoms with Gasteiger partial charge in [-0.1, -0.05) is 88.4 Å². The lowest BCUT2D eigenvalue weighted by molar-refractivity contribution is 0.0556. The number of pyridine rings is 2. The van der Waals surface area contributed by atoms with E-state index < -0.39 is 27.8 Å². The molecular formula is C49H56N5O4S. The lowest BCUT2D eigenvalue weighted by Gasteiger charge is -2.49. The molecule has 2 N–H and O–H groups in total. The summed E-state index contributed by atoms with van der Waals surface area (Å²) in [6, 6.07) is 26.7. The van der Waals surface area contributed by atoms with Crippen molar-refractivity contribution in [2.45, 2.75) is 58.2 Å². The second-order valence-electron chi connectivity index (χ2n) is 16.6. The van der Waals surface area contributed by atoms with Crippen molar-refractivity contribution >= 4 is 22.2 Å². The molecule has 0 aliphatic heterocycles.